The molecule has 3 nitrogen and oxygen atoms in total. The highest BCUT2D eigenvalue weighted by Crippen LogP contribution is 2.15. The van der Waals surface area contributed by atoms with Crippen LogP contribution in [-0.2, 0) is 13.5 Å². The molecule has 0 saturated heterocycles. The lowest BCUT2D eigenvalue weighted by atomic mass is 9.97. The Labute approximate surface area is 101 Å². The third-order valence-electron chi connectivity index (χ3n) is 3.03. The van der Waals surface area contributed by atoms with Crippen molar-refractivity contribution in [3.8, 4) is 0 Å². The van der Waals surface area contributed by atoms with Gasteiger partial charge in [0.2, 0.25) is 0 Å². The number of Topliss-reactive ketones (excluding diaryl/α,β-unsaturated/α-hetero) is 1. The third kappa shape index (κ3) is 2.44. The molecule has 1 aromatic carbocycles. The lowest BCUT2D eigenvalue weighted by Crippen LogP contribution is -2.06. The van der Waals surface area contributed by atoms with Crippen molar-refractivity contribution in [2.45, 2.75) is 20.3 Å². The van der Waals surface area contributed by atoms with Crippen molar-refractivity contribution in [3.05, 3.63) is 52.8 Å². The fraction of sp³-hybridized carbons (Fsp3) is 0.286. The predicted octanol–water partition coefficient (Wildman–Crippen LogP) is 2.46. The minimum absolute atomic E-state index is 0.152. The molecule has 0 saturated carbocycles. The molecule has 0 aliphatic carbocycles. The van der Waals surface area contributed by atoms with Crippen molar-refractivity contribution in [1.82, 2.24) is 9.78 Å². The van der Waals surface area contributed by atoms with E-state index in [4.69, 9.17) is 0 Å². The van der Waals surface area contributed by atoms with Crippen molar-refractivity contribution in [2.24, 2.45) is 7.05 Å². The number of carbonyl (C=O) groups is 1. The Kier molecular flexibility index (Phi) is 3.09. The van der Waals surface area contributed by atoms with Gasteiger partial charge in [-0.2, -0.15) is 5.10 Å². The number of hydrogen-bond donors (Lipinski definition) is 0. The van der Waals surface area contributed by atoms with Crippen LogP contribution >= 0.6 is 0 Å². The monoisotopic (exact) mass is 228 g/mol. The maximum absolute atomic E-state index is 12.2. The van der Waals surface area contributed by atoms with E-state index in [1.54, 1.807) is 10.9 Å². The van der Waals surface area contributed by atoms with E-state index in [1.807, 2.05) is 45.3 Å². The normalized spacial score (nSPS) is 10.5. The molecule has 0 spiro atoms. The van der Waals surface area contributed by atoms with E-state index in [9.17, 15) is 4.79 Å². The molecule has 0 unspecified atom stereocenters. The predicted molar refractivity (Wildman–Crippen MR) is 67.2 cm³/mol. The van der Waals surface area contributed by atoms with Gasteiger partial charge in [0.15, 0.2) is 5.78 Å². The first-order valence-corrected chi connectivity index (χ1v) is 5.65. The molecular weight excluding hydrogens is 212 g/mol. The summed E-state index contributed by atoms with van der Waals surface area (Å²) in [6, 6.07) is 5.84. The van der Waals surface area contributed by atoms with Gasteiger partial charge in [0, 0.05) is 25.2 Å². The number of carbonyl (C=O) groups excluding carboxylic acids is 1. The lowest BCUT2D eigenvalue weighted by molar-refractivity contribution is 0.0992. The molecule has 3 heteroatoms. The van der Waals surface area contributed by atoms with Crippen molar-refractivity contribution in [2.75, 3.05) is 0 Å². The largest absolute Gasteiger partial charge is 0.294 e. The van der Waals surface area contributed by atoms with E-state index in [0.717, 1.165) is 22.3 Å². The van der Waals surface area contributed by atoms with E-state index in [2.05, 4.69) is 5.10 Å². The zero-order valence-corrected chi connectivity index (χ0v) is 10.4. The maximum Gasteiger partial charge on any atom is 0.167 e. The van der Waals surface area contributed by atoms with E-state index in [-0.39, 0.29) is 5.78 Å². The van der Waals surface area contributed by atoms with Gasteiger partial charge < -0.3 is 0 Å². The second-order valence-corrected chi connectivity index (χ2v) is 4.37. The van der Waals surface area contributed by atoms with Gasteiger partial charge in [-0.25, -0.2) is 0 Å². The molecule has 17 heavy (non-hydrogen) atoms. The van der Waals surface area contributed by atoms with Gasteiger partial charge in [-0.1, -0.05) is 18.2 Å². The summed E-state index contributed by atoms with van der Waals surface area (Å²) in [4.78, 5) is 12.2. The molecular formula is C14H16N2O. The summed E-state index contributed by atoms with van der Waals surface area (Å²) in [6.45, 7) is 4.02. The molecule has 88 valence electrons. The third-order valence-corrected chi connectivity index (χ3v) is 3.03. The SMILES string of the molecule is Cc1cccc(C(=O)Cc2cnn(C)c2)c1C. The molecule has 0 aliphatic rings. The molecule has 0 amide bonds. The Morgan fingerprint density at radius 3 is 2.76 bits per heavy atom. The van der Waals surface area contributed by atoms with E-state index in [0.29, 0.717) is 6.42 Å². The van der Waals surface area contributed by atoms with E-state index < -0.39 is 0 Å². The van der Waals surface area contributed by atoms with Gasteiger partial charge in [0.05, 0.1) is 6.20 Å². The number of aryl methyl sites for hydroxylation is 2. The van der Waals surface area contributed by atoms with Crippen LogP contribution in [0.15, 0.2) is 30.6 Å². The van der Waals surface area contributed by atoms with Crippen molar-refractivity contribution >= 4 is 5.78 Å². The standard InChI is InChI=1S/C14H16N2O/c1-10-5-4-6-13(11(10)2)14(17)7-12-8-15-16(3)9-12/h4-6,8-9H,7H2,1-3H3. The summed E-state index contributed by atoms with van der Waals surface area (Å²) < 4.78 is 1.71. The van der Waals surface area contributed by atoms with Gasteiger partial charge in [-0.15, -0.1) is 0 Å². The van der Waals surface area contributed by atoms with Crippen LogP contribution in [0.25, 0.3) is 0 Å². The average Bonchev–Trinajstić information content (AvgIpc) is 2.68. The summed E-state index contributed by atoms with van der Waals surface area (Å²) >= 11 is 0. The average molecular weight is 228 g/mol. The van der Waals surface area contributed by atoms with Crippen molar-refractivity contribution < 1.29 is 4.79 Å². The number of hydrogen-bond acceptors (Lipinski definition) is 2. The number of nitrogens with zero attached hydrogens (tertiary/aromatic N) is 2. The topological polar surface area (TPSA) is 34.9 Å². The number of aromatic nitrogens is 2. The summed E-state index contributed by atoms with van der Waals surface area (Å²) in [5, 5.41) is 4.07. The maximum atomic E-state index is 12.2. The van der Waals surface area contributed by atoms with Crippen LogP contribution in [0.1, 0.15) is 27.0 Å². The molecule has 2 rings (SSSR count). The highest BCUT2D eigenvalue weighted by Gasteiger charge is 2.11. The van der Waals surface area contributed by atoms with E-state index in [1.165, 1.54) is 0 Å². The molecule has 0 aliphatic heterocycles. The summed E-state index contributed by atoms with van der Waals surface area (Å²) in [5.41, 5.74) is 4.00. The number of ketones is 1. The van der Waals surface area contributed by atoms with E-state index >= 15 is 0 Å². The Morgan fingerprint density at radius 2 is 2.12 bits per heavy atom. The minimum atomic E-state index is 0.152. The van der Waals surface area contributed by atoms with Gasteiger partial charge >= 0.3 is 0 Å². The first kappa shape index (κ1) is 11.6. The lowest BCUT2D eigenvalue weighted by Gasteiger charge is -2.06. The summed E-state index contributed by atoms with van der Waals surface area (Å²) in [5.74, 6) is 0.152. The van der Waals surface area contributed by atoms with Crippen LogP contribution in [0.4, 0.5) is 0 Å². The Balaban J connectivity index is 2.23. The summed E-state index contributed by atoms with van der Waals surface area (Å²) in [7, 11) is 1.85. The van der Waals surface area contributed by atoms with Gasteiger partial charge in [0.25, 0.3) is 0 Å². The second kappa shape index (κ2) is 4.53. The molecule has 0 atom stereocenters. The highest BCUT2D eigenvalue weighted by molar-refractivity contribution is 5.98. The minimum Gasteiger partial charge on any atom is -0.294 e. The quantitative estimate of drug-likeness (QED) is 0.756. The molecule has 0 fully saturated rings. The molecule has 2 aromatic rings. The van der Waals surface area contributed by atoms with Crippen LogP contribution in [-0.4, -0.2) is 15.6 Å². The van der Waals surface area contributed by atoms with Crippen LogP contribution in [0, 0.1) is 13.8 Å². The molecule has 0 radical (unpaired) electrons. The molecule has 1 heterocycles. The second-order valence-electron chi connectivity index (χ2n) is 4.37. The molecule has 0 N–H and O–H groups in total. The van der Waals surface area contributed by atoms with Gasteiger partial charge in [0.1, 0.15) is 0 Å². The first-order valence-electron chi connectivity index (χ1n) is 5.65. The van der Waals surface area contributed by atoms with Crippen molar-refractivity contribution in [1.29, 1.82) is 0 Å². The van der Waals surface area contributed by atoms with Crippen LogP contribution in [0.5, 0.6) is 0 Å². The molecule has 1 aromatic heterocycles. The van der Waals surface area contributed by atoms with Gasteiger partial charge in [-0.05, 0) is 30.5 Å². The highest BCUT2D eigenvalue weighted by atomic mass is 16.1. The molecule has 0 bridgehead atoms. The van der Waals surface area contributed by atoms with Crippen LogP contribution in [0.2, 0.25) is 0 Å². The van der Waals surface area contributed by atoms with Crippen molar-refractivity contribution in [3.63, 3.8) is 0 Å². The fourth-order valence-corrected chi connectivity index (χ4v) is 1.90. The number of rotatable bonds is 3. The zero-order valence-electron chi connectivity index (χ0n) is 10.4. The first-order chi connectivity index (χ1) is 8.08. The number of benzene rings is 1. The Morgan fingerprint density at radius 1 is 1.35 bits per heavy atom. The van der Waals surface area contributed by atoms with Gasteiger partial charge in [-0.3, -0.25) is 9.48 Å². The Hall–Kier alpha value is -1.90. The zero-order chi connectivity index (χ0) is 12.4. The fourth-order valence-electron chi connectivity index (χ4n) is 1.90. The van der Waals surface area contributed by atoms with Crippen LogP contribution in [0.3, 0.4) is 0 Å². The smallest absolute Gasteiger partial charge is 0.167 e. The van der Waals surface area contributed by atoms with Crippen LogP contribution < -0.4 is 0 Å². The summed E-state index contributed by atoms with van der Waals surface area (Å²) in [6.07, 6.45) is 4.03. The Bertz CT molecular complexity index is 555.